The highest BCUT2D eigenvalue weighted by molar-refractivity contribution is 5.85. The van der Waals surface area contributed by atoms with Crippen molar-refractivity contribution in [3.63, 3.8) is 0 Å². The van der Waals surface area contributed by atoms with Crippen LogP contribution < -0.4 is 5.32 Å². The van der Waals surface area contributed by atoms with Crippen molar-refractivity contribution in [1.82, 2.24) is 5.32 Å². The van der Waals surface area contributed by atoms with E-state index in [9.17, 15) is 10.1 Å². The molecule has 1 unspecified atom stereocenters. The second kappa shape index (κ2) is 7.38. The number of rotatable bonds is 7. The predicted octanol–water partition coefficient (Wildman–Crippen LogP) is 1.99. The number of nitrogens with zero attached hydrogens (tertiary/aromatic N) is 1. The van der Waals surface area contributed by atoms with Crippen molar-refractivity contribution in [2.75, 3.05) is 13.2 Å². The second-order valence-electron chi connectivity index (χ2n) is 5.28. The zero-order valence-electron chi connectivity index (χ0n) is 11.2. The topological polar surface area (TPSA) is 73.1 Å². The van der Waals surface area contributed by atoms with E-state index in [2.05, 4.69) is 18.3 Å². The molecule has 1 rings (SSSR count). The molecule has 1 atom stereocenters. The maximum atomic E-state index is 12.1. The molecule has 1 amide bonds. The molecule has 0 bridgehead atoms. The molecule has 1 aliphatic carbocycles. The standard InChI is InChI=1S/C14H24N2O2/c1-2-5-12(6-9-17)10-16-13(18)14(11-15)7-3-4-8-14/h12,17H,2-10H2,1H3,(H,16,18). The summed E-state index contributed by atoms with van der Waals surface area (Å²) in [6.45, 7) is 2.83. The average molecular weight is 252 g/mol. The monoisotopic (exact) mass is 252 g/mol. The van der Waals surface area contributed by atoms with E-state index in [1.54, 1.807) is 0 Å². The van der Waals surface area contributed by atoms with E-state index in [1.807, 2.05) is 0 Å². The summed E-state index contributed by atoms with van der Waals surface area (Å²) in [5.74, 6) is 0.211. The Morgan fingerprint density at radius 2 is 2.11 bits per heavy atom. The van der Waals surface area contributed by atoms with Crippen LogP contribution in [-0.4, -0.2) is 24.2 Å². The number of amides is 1. The van der Waals surface area contributed by atoms with Gasteiger partial charge in [-0.05, 0) is 31.6 Å². The number of hydrogen-bond donors (Lipinski definition) is 2. The first-order valence-corrected chi connectivity index (χ1v) is 6.99. The molecule has 2 N–H and O–H groups in total. The van der Waals surface area contributed by atoms with E-state index < -0.39 is 5.41 Å². The lowest BCUT2D eigenvalue weighted by Gasteiger charge is -2.22. The first kappa shape index (κ1) is 15.0. The van der Waals surface area contributed by atoms with Crippen LogP contribution in [0.1, 0.15) is 51.9 Å². The summed E-state index contributed by atoms with van der Waals surface area (Å²) in [5.41, 5.74) is -0.782. The van der Waals surface area contributed by atoms with Crippen molar-refractivity contribution < 1.29 is 9.90 Å². The molecule has 0 aromatic carbocycles. The summed E-state index contributed by atoms with van der Waals surface area (Å²) in [7, 11) is 0. The Morgan fingerprint density at radius 1 is 1.44 bits per heavy atom. The third kappa shape index (κ3) is 3.71. The number of aliphatic hydroxyl groups excluding tert-OH is 1. The van der Waals surface area contributed by atoms with Crippen LogP contribution in [0, 0.1) is 22.7 Å². The van der Waals surface area contributed by atoms with E-state index in [-0.39, 0.29) is 12.5 Å². The van der Waals surface area contributed by atoms with Gasteiger partial charge in [0.1, 0.15) is 5.41 Å². The van der Waals surface area contributed by atoms with Gasteiger partial charge in [-0.3, -0.25) is 4.79 Å². The quantitative estimate of drug-likeness (QED) is 0.727. The Bertz CT molecular complexity index is 297. The van der Waals surface area contributed by atoms with Crippen LogP contribution >= 0.6 is 0 Å². The molecule has 4 heteroatoms. The van der Waals surface area contributed by atoms with E-state index in [1.165, 1.54) is 0 Å². The van der Waals surface area contributed by atoms with Gasteiger partial charge in [0.05, 0.1) is 6.07 Å². The van der Waals surface area contributed by atoms with Crippen molar-refractivity contribution >= 4 is 5.91 Å². The highest BCUT2D eigenvalue weighted by Gasteiger charge is 2.41. The van der Waals surface area contributed by atoms with Gasteiger partial charge in [0.2, 0.25) is 5.91 Å². The average Bonchev–Trinajstić information content (AvgIpc) is 2.86. The van der Waals surface area contributed by atoms with Gasteiger partial charge in [0.25, 0.3) is 0 Å². The summed E-state index contributed by atoms with van der Waals surface area (Å²) >= 11 is 0. The molecular formula is C14H24N2O2. The van der Waals surface area contributed by atoms with Gasteiger partial charge in [-0.2, -0.15) is 5.26 Å². The first-order valence-electron chi connectivity index (χ1n) is 6.99. The number of nitriles is 1. The Hall–Kier alpha value is -1.08. The number of carbonyl (C=O) groups excluding carboxylic acids is 1. The predicted molar refractivity (Wildman–Crippen MR) is 69.6 cm³/mol. The number of hydrogen-bond acceptors (Lipinski definition) is 3. The van der Waals surface area contributed by atoms with Crippen molar-refractivity contribution in [2.45, 2.75) is 51.9 Å². The molecule has 0 spiro atoms. The minimum Gasteiger partial charge on any atom is -0.396 e. The molecule has 0 heterocycles. The minimum atomic E-state index is -0.782. The largest absolute Gasteiger partial charge is 0.396 e. The smallest absolute Gasteiger partial charge is 0.240 e. The van der Waals surface area contributed by atoms with Gasteiger partial charge in [0, 0.05) is 13.2 Å². The fourth-order valence-corrected chi connectivity index (χ4v) is 2.71. The zero-order valence-corrected chi connectivity index (χ0v) is 11.2. The number of aliphatic hydroxyl groups is 1. The van der Waals surface area contributed by atoms with E-state index >= 15 is 0 Å². The molecule has 0 aromatic heterocycles. The normalized spacial score (nSPS) is 19.2. The van der Waals surface area contributed by atoms with Gasteiger partial charge in [-0.25, -0.2) is 0 Å². The lowest BCUT2D eigenvalue weighted by Crippen LogP contribution is -2.40. The Morgan fingerprint density at radius 3 is 2.61 bits per heavy atom. The SMILES string of the molecule is CCCC(CCO)CNC(=O)C1(C#N)CCCC1. The maximum Gasteiger partial charge on any atom is 0.240 e. The lowest BCUT2D eigenvalue weighted by molar-refractivity contribution is -0.128. The maximum absolute atomic E-state index is 12.1. The lowest BCUT2D eigenvalue weighted by atomic mass is 9.86. The van der Waals surface area contributed by atoms with Crippen LogP contribution in [0.4, 0.5) is 0 Å². The molecule has 4 nitrogen and oxygen atoms in total. The first-order chi connectivity index (χ1) is 8.68. The van der Waals surface area contributed by atoms with Gasteiger partial charge in [-0.1, -0.05) is 26.2 Å². The molecular weight excluding hydrogens is 228 g/mol. The van der Waals surface area contributed by atoms with Gasteiger partial charge < -0.3 is 10.4 Å². The highest BCUT2D eigenvalue weighted by atomic mass is 16.3. The summed E-state index contributed by atoms with van der Waals surface area (Å²) in [4.78, 5) is 12.1. The molecule has 102 valence electrons. The van der Waals surface area contributed by atoms with Crippen LogP contribution in [0.2, 0.25) is 0 Å². The van der Waals surface area contributed by atoms with Crippen LogP contribution in [-0.2, 0) is 4.79 Å². The summed E-state index contributed by atoms with van der Waals surface area (Å²) in [5, 5.41) is 21.1. The minimum absolute atomic E-state index is 0.110. The summed E-state index contributed by atoms with van der Waals surface area (Å²) in [6.07, 6.45) is 6.07. The molecule has 1 fully saturated rings. The Balaban J connectivity index is 2.46. The highest BCUT2D eigenvalue weighted by Crippen LogP contribution is 2.37. The van der Waals surface area contributed by atoms with Crippen LogP contribution in [0.25, 0.3) is 0 Å². The van der Waals surface area contributed by atoms with Gasteiger partial charge >= 0.3 is 0 Å². The second-order valence-corrected chi connectivity index (χ2v) is 5.28. The van der Waals surface area contributed by atoms with Crippen molar-refractivity contribution in [3.8, 4) is 6.07 Å². The van der Waals surface area contributed by atoms with Crippen LogP contribution in [0.5, 0.6) is 0 Å². The molecule has 0 aliphatic heterocycles. The Labute approximate surface area is 109 Å². The van der Waals surface area contributed by atoms with E-state index in [0.29, 0.717) is 31.7 Å². The fourth-order valence-electron chi connectivity index (χ4n) is 2.71. The van der Waals surface area contributed by atoms with Crippen molar-refractivity contribution in [3.05, 3.63) is 0 Å². The van der Waals surface area contributed by atoms with Crippen molar-refractivity contribution in [1.29, 1.82) is 5.26 Å². The van der Waals surface area contributed by atoms with E-state index in [0.717, 1.165) is 25.7 Å². The van der Waals surface area contributed by atoms with E-state index in [4.69, 9.17) is 5.11 Å². The summed E-state index contributed by atoms with van der Waals surface area (Å²) < 4.78 is 0. The molecule has 18 heavy (non-hydrogen) atoms. The summed E-state index contributed by atoms with van der Waals surface area (Å²) in [6, 6.07) is 2.20. The number of carbonyl (C=O) groups is 1. The fraction of sp³-hybridized carbons (Fsp3) is 0.857. The van der Waals surface area contributed by atoms with Gasteiger partial charge in [0.15, 0.2) is 0 Å². The molecule has 0 saturated heterocycles. The molecule has 0 radical (unpaired) electrons. The molecule has 1 saturated carbocycles. The third-order valence-corrected chi connectivity index (χ3v) is 3.89. The third-order valence-electron chi connectivity index (χ3n) is 3.89. The van der Waals surface area contributed by atoms with Crippen molar-refractivity contribution in [2.24, 2.45) is 11.3 Å². The Kier molecular flexibility index (Phi) is 6.14. The zero-order chi connectivity index (χ0) is 13.4. The van der Waals surface area contributed by atoms with Crippen LogP contribution in [0.3, 0.4) is 0 Å². The van der Waals surface area contributed by atoms with Gasteiger partial charge in [-0.15, -0.1) is 0 Å². The molecule has 0 aromatic rings. The molecule has 1 aliphatic rings. The number of nitrogens with one attached hydrogen (secondary N) is 1. The van der Waals surface area contributed by atoms with Crippen LogP contribution in [0.15, 0.2) is 0 Å².